The summed E-state index contributed by atoms with van der Waals surface area (Å²) in [6.45, 7) is 2.94. The smallest absolute Gasteiger partial charge is 0.358 e. The van der Waals surface area contributed by atoms with Crippen LogP contribution in [0.15, 0.2) is 0 Å². The Morgan fingerprint density at radius 1 is 1.64 bits per heavy atom. The van der Waals surface area contributed by atoms with Crippen LogP contribution in [0.5, 0.6) is 0 Å². The van der Waals surface area contributed by atoms with E-state index in [0.717, 1.165) is 6.42 Å². The Balaban J connectivity index is 2.65. The van der Waals surface area contributed by atoms with E-state index in [4.69, 9.17) is 9.84 Å². The van der Waals surface area contributed by atoms with Gasteiger partial charge in [0.2, 0.25) is 0 Å². The molecule has 0 saturated heterocycles. The number of carbonyl (C=O) groups is 1. The van der Waals surface area contributed by atoms with E-state index >= 15 is 0 Å². The quantitative estimate of drug-likeness (QED) is 0.691. The molecule has 0 bridgehead atoms. The van der Waals surface area contributed by atoms with Crippen molar-refractivity contribution in [3.63, 3.8) is 0 Å². The maximum absolute atomic E-state index is 10.6. The third kappa shape index (κ3) is 2.29. The molecule has 6 heteroatoms. The summed E-state index contributed by atoms with van der Waals surface area (Å²) in [6.07, 6.45) is 0.791. The van der Waals surface area contributed by atoms with Crippen molar-refractivity contribution < 1.29 is 14.6 Å². The number of aromatic carboxylic acids is 1. The number of aryl methyl sites for hydroxylation is 1. The van der Waals surface area contributed by atoms with Crippen LogP contribution < -0.4 is 0 Å². The molecule has 0 saturated carbocycles. The number of methoxy groups -OCH3 is 1. The number of nitrogens with zero attached hydrogens (tertiary/aromatic N) is 3. The molecule has 0 atom stereocenters. The maximum atomic E-state index is 10.6. The SMILES string of the molecule is COCCCn1nnc(C(=O)O)c1C. The first-order chi connectivity index (χ1) is 6.66. The molecule has 1 N–H and O–H groups in total. The van der Waals surface area contributed by atoms with Crippen molar-refractivity contribution in [2.24, 2.45) is 0 Å². The molecular weight excluding hydrogens is 186 g/mol. The van der Waals surface area contributed by atoms with Crippen LogP contribution in [-0.2, 0) is 11.3 Å². The predicted octanol–water partition coefficient (Wildman–Crippen LogP) is 0.321. The van der Waals surface area contributed by atoms with Crippen LogP contribution in [0.2, 0.25) is 0 Å². The highest BCUT2D eigenvalue weighted by Gasteiger charge is 2.14. The number of hydrogen-bond acceptors (Lipinski definition) is 4. The average Bonchev–Trinajstić information content (AvgIpc) is 2.48. The van der Waals surface area contributed by atoms with E-state index in [1.807, 2.05) is 0 Å². The van der Waals surface area contributed by atoms with Crippen molar-refractivity contribution in [1.29, 1.82) is 0 Å². The molecular formula is C8H13N3O3. The lowest BCUT2D eigenvalue weighted by Crippen LogP contribution is -2.06. The minimum atomic E-state index is -1.04. The van der Waals surface area contributed by atoms with Crippen LogP contribution in [0.3, 0.4) is 0 Å². The van der Waals surface area contributed by atoms with Gasteiger partial charge in [-0.3, -0.25) is 0 Å². The van der Waals surface area contributed by atoms with Gasteiger partial charge in [0, 0.05) is 20.3 Å². The van der Waals surface area contributed by atoms with Gasteiger partial charge in [-0.2, -0.15) is 0 Å². The highest BCUT2D eigenvalue weighted by Crippen LogP contribution is 2.03. The van der Waals surface area contributed by atoms with Crippen LogP contribution in [0, 0.1) is 6.92 Å². The van der Waals surface area contributed by atoms with Gasteiger partial charge in [-0.15, -0.1) is 5.10 Å². The fraction of sp³-hybridized carbons (Fsp3) is 0.625. The van der Waals surface area contributed by atoms with E-state index in [9.17, 15) is 4.79 Å². The molecule has 0 unspecified atom stereocenters. The van der Waals surface area contributed by atoms with E-state index < -0.39 is 5.97 Å². The van der Waals surface area contributed by atoms with Crippen molar-refractivity contribution in [2.45, 2.75) is 19.9 Å². The highest BCUT2D eigenvalue weighted by molar-refractivity contribution is 5.86. The van der Waals surface area contributed by atoms with Crippen molar-refractivity contribution in [3.8, 4) is 0 Å². The molecule has 0 amide bonds. The Hall–Kier alpha value is -1.43. The van der Waals surface area contributed by atoms with E-state index in [2.05, 4.69) is 10.3 Å². The molecule has 1 aromatic rings. The molecule has 0 aliphatic heterocycles. The zero-order valence-electron chi connectivity index (χ0n) is 8.23. The van der Waals surface area contributed by atoms with Gasteiger partial charge in [0.25, 0.3) is 0 Å². The second-order valence-corrected chi connectivity index (χ2v) is 2.90. The van der Waals surface area contributed by atoms with Gasteiger partial charge < -0.3 is 9.84 Å². The van der Waals surface area contributed by atoms with Gasteiger partial charge in [0.15, 0.2) is 5.69 Å². The number of rotatable bonds is 5. The minimum Gasteiger partial charge on any atom is -0.476 e. The van der Waals surface area contributed by atoms with Crippen molar-refractivity contribution in [2.75, 3.05) is 13.7 Å². The summed E-state index contributed by atoms with van der Waals surface area (Å²) in [5.41, 5.74) is 0.594. The summed E-state index contributed by atoms with van der Waals surface area (Å²) < 4.78 is 6.45. The highest BCUT2D eigenvalue weighted by atomic mass is 16.5. The Kier molecular flexibility index (Phi) is 3.58. The molecule has 1 aromatic heterocycles. The Bertz CT molecular complexity index is 322. The predicted molar refractivity (Wildman–Crippen MR) is 48.2 cm³/mol. The van der Waals surface area contributed by atoms with Crippen LogP contribution >= 0.6 is 0 Å². The summed E-state index contributed by atoms with van der Waals surface area (Å²) in [5, 5.41) is 16.0. The average molecular weight is 199 g/mol. The van der Waals surface area contributed by atoms with Gasteiger partial charge in [0.1, 0.15) is 0 Å². The number of aromatic nitrogens is 3. The van der Waals surface area contributed by atoms with Crippen molar-refractivity contribution in [3.05, 3.63) is 11.4 Å². The first-order valence-corrected chi connectivity index (χ1v) is 4.29. The largest absolute Gasteiger partial charge is 0.476 e. The molecule has 14 heavy (non-hydrogen) atoms. The zero-order valence-corrected chi connectivity index (χ0v) is 8.23. The Labute approximate surface area is 81.5 Å². The molecule has 0 aromatic carbocycles. The van der Waals surface area contributed by atoms with Gasteiger partial charge in [-0.05, 0) is 13.3 Å². The second kappa shape index (κ2) is 4.71. The third-order valence-corrected chi connectivity index (χ3v) is 1.90. The van der Waals surface area contributed by atoms with Gasteiger partial charge >= 0.3 is 5.97 Å². The van der Waals surface area contributed by atoms with Crippen LogP contribution in [0.4, 0.5) is 0 Å². The van der Waals surface area contributed by atoms with Crippen LogP contribution in [-0.4, -0.2) is 39.8 Å². The molecule has 1 rings (SSSR count). The van der Waals surface area contributed by atoms with Crippen molar-refractivity contribution >= 4 is 5.97 Å². The van der Waals surface area contributed by atoms with Crippen LogP contribution in [0.25, 0.3) is 0 Å². The second-order valence-electron chi connectivity index (χ2n) is 2.90. The van der Waals surface area contributed by atoms with Crippen molar-refractivity contribution in [1.82, 2.24) is 15.0 Å². The van der Waals surface area contributed by atoms with E-state index in [-0.39, 0.29) is 5.69 Å². The number of carboxylic acids is 1. The number of hydrogen-bond donors (Lipinski definition) is 1. The molecule has 0 aliphatic rings. The van der Waals surface area contributed by atoms with Gasteiger partial charge in [-0.1, -0.05) is 5.21 Å². The summed E-state index contributed by atoms with van der Waals surface area (Å²) >= 11 is 0. The first-order valence-electron chi connectivity index (χ1n) is 4.29. The van der Waals surface area contributed by atoms with E-state index in [1.165, 1.54) is 0 Å². The van der Waals surface area contributed by atoms with E-state index in [0.29, 0.717) is 18.8 Å². The molecule has 0 fully saturated rings. The molecule has 0 spiro atoms. The lowest BCUT2D eigenvalue weighted by atomic mass is 10.3. The van der Waals surface area contributed by atoms with Gasteiger partial charge in [-0.25, -0.2) is 9.48 Å². The number of ether oxygens (including phenoxy) is 1. The molecule has 0 radical (unpaired) electrons. The Morgan fingerprint density at radius 3 is 2.86 bits per heavy atom. The summed E-state index contributed by atoms with van der Waals surface area (Å²) in [7, 11) is 1.62. The topological polar surface area (TPSA) is 77.2 Å². The fourth-order valence-electron chi connectivity index (χ4n) is 1.13. The monoisotopic (exact) mass is 199 g/mol. The summed E-state index contributed by atoms with van der Waals surface area (Å²) in [6, 6.07) is 0. The van der Waals surface area contributed by atoms with E-state index in [1.54, 1.807) is 18.7 Å². The Morgan fingerprint density at radius 2 is 2.36 bits per heavy atom. The zero-order chi connectivity index (χ0) is 10.6. The lowest BCUT2D eigenvalue weighted by molar-refractivity contribution is 0.0689. The first kappa shape index (κ1) is 10.6. The molecule has 0 aliphatic carbocycles. The number of carboxylic acid groups (broad SMARTS) is 1. The molecule has 1 heterocycles. The maximum Gasteiger partial charge on any atom is 0.358 e. The minimum absolute atomic E-state index is 0.0161. The summed E-state index contributed by atoms with van der Waals surface area (Å²) in [4.78, 5) is 10.6. The third-order valence-electron chi connectivity index (χ3n) is 1.90. The normalized spacial score (nSPS) is 10.4. The van der Waals surface area contributed by atoms with Crippen LogP contribution in [0.1, 0.15) is 22.6 Å². The lowest BCUT2D eigenvalue weighted by Gasteiger charge is -2.01. The fourth-order valence-corrected chi connectivity index (χ4v) is 1.13. The van der Waals surface area contributed by atoms with Gasteiger partial charge in [0.05, 0.1) is 5.69 Å². The molecule has 6 nitrogen and oxygen atoms in total. The molecule has 78 valence electrons. The standard InChI is InChI=1S/C8H13N3O3/c1-6-7(8(12)13)9-10-11(6)4-3-5-14-2/h3-5H2,1-2H3,(H,12,13). The summed E-state index contributed by atoms with van der Waals surface area (Å²) in [5.74, 6) is -1.04.